The summed E-state index contributed by atoms with van der Waals surface area (Å²) in [6, 6.07) is 4.84. The Morgan fingerprint density at radius 3 is 2.65 bits per heavy atom. The second-order valence-corrected chi connectivity index (χ2v) is 7.67. The molecular formula is C22H30O4. The number of aromatic carboxylic acids is 1. The number of benzene rings is 1. The van der Waals surface area contributed by atoms with Gasteiger partial charge in [0.1, 0.15) is 11.4 Å². The van der Waals surface area contributed by atoms with E-state index in [9.17, 15) is 9.90 Å². The first-order valence-electron chi connectivity index (χ1n) is 9.23. The number of rotatable bonds is 7. The summed E-state index contributed by atoms with van der Waals surface area (Å²) in [5.74, 6) is -0.295. The van der Waals surface area contributed by atoms with Gasteiger partial charge in [-0.25, -0.2) is 4.79 Å². The van der Waals surface area contributed by atoms with Crippen molar-refractivity contribution in [1.82, 2.24) is 0 Å². The van der Waals surface area contributed by atoms with Crippen molar-refractivity contribution in [3.63, 3.8) is 0 Å². The van der Waals surface area contributed by atoms with E-state index >= 15 is 0 Å². The molecule has 4 nitrogen and oxygen atoms in total. The smallest absolute Gasteiger partial charge is 0.335 e. The molecule has 1 aromatic carbocycles. The lowest BCUT2D eigenvalue weighted by Crippen LogP contribution is -2.48. The van der Waals surface area contributed by atoms with E-state index in [1.807, 2.05) is 6.92 Å². The number of fused-ring (bicyclic) bond motifs is 1. The average Bonchev–Trinajstić information content (AvgIpc) is 2.55. The van der Waals surface area contributed by atoms with E-state index in [2.05, 4.69) is 32.9 Å². The summed E-state index contributed by atoms with van der Waals surface area (Å²) in [4.78, 5) is 11.1. The van der Waals surface area contributed by atoms with E-state index < -0.39 is 17.7 Å². The van der Waals surface area contributed by atoms with E-state index in [0.29, 0.717) is 18.6 Å². The van der Waals surface area contributed by atoms with Crippen LogP contribution in [-0.2, 0) is 6.42 Å². The van der Waals surface area contributed by atoms with Gasteiger partial charge in [0.25, 0.3) is 0 Å². The number of ether oxygens (including phenoxy) is 1. The third-order valence-electron chi connectivity index (χ3n) is 4.99. The number of hydrogen-bond donors (Lipinski definition) is 2. The summed E-state index contributed by atoms with van der Waals surface area (Å²) < 4.78 is 6.08. The molecule has 2 atom stereocenters. The van der Waals surface area contributed by atoms with Gasteiger partial charge in [0.2, 0.25) is 0 Å². The molecule has 4 heteroatoms. The molecule has 0 bridgehead atoms. The van der Waals surface area contributed by atoms with Crippen LogP contribution in [0.3, 0.4) is 0 Å². The second-order valence-electron chi connectivity index (χ2n) is 7.67. The van der Waals surface area contributed by atoms with Gasteiger partial charge in [-0.15, -0.1) is 0 Å². The van der Waals surface area contributed by atoms with Gasteiger partial charge in [0.05, 0.1) is 11.7 Å². The van der Waals surface area contributed by atoms with Crippen molar-refractivity contribution >= 4 is 5.97 Å². The summed E-state index contributed by atoms with van der Waals surface area (Å²) in [5.41, 5.74) is 3.01. The lowest BCUT2D eigenvalue weighted by atomic mass is 9.85. The molecule has 0 radical (unpaired) electrons. The minimum Gasteiger partial charge on any atom is -0.485 e. The highest BCUT2D eigenvalue weighted by Gasteiger charge is 2.39. The fourth-order valence-corrected chi connectivity index (χ4v) is 3.23. The summed E-state index contributed by atoms with van der Waals surface area (Å²) in [5, 5.41) is 19.7. The average molecular weight is 358 g/mol. The Labute approximate surface area is 156 Å². The van der Waals surface area contributed by atoms with Gasteiger partial charge >= 0.3 is 5.97 Å². The maximum Gasteiger partial charge on any atom is 0.335 e. The van der Waals surface area contributed by atoms with Crippen molar-refractivity contribution < 1.29 is 19.7 Å². The number of aliphatic hydroxyl groups excluding tert-OH is 1. The second kappa shape index (κ2) is 8.54. The summed E-state index contributed by atoms with van der Waals surface area (Å²) in [7, 11) is 0. The van der Waals surface area contributed by atoms with Crippen LogP contribution < -0.4 is 4.74 Å². The van der Waals surface area contributed by atoms with E-state index in [4.69, 9.17) is 9.84 Å². The zero-order valence-electron chi connectivity index (χ0n) is 16.2. The first kappa shape index (κ1) is 20.2. The predicted molar refractivity (Wildman–Crippen MR) is 104 cm³/mol. The maximum absolute atomic E-state index is 11.1. The maximum atomic E-state index is 11.1. The number of hydrogen-bond acceptors (Lipinski definition) is 3. The zero-order chi connectivity index (χ0) is 19.3. The highest BCUT2D eigenvalue weighted by atomic mass is 16.5. The Bertz CT molecular complexity index is 713. The fourth-order valence-electron chi connectivity index (χ4n) is 3.23. The standard InChI is InChI=1S/C22H30O4/c1-15(2)7-5-8-16(3)9-6-12-22(4)20(23)14-18-13-17(21(24)25)10-11-19(18)26-22/h7,9-11,13,20,23H,5-6,8,12,14H2,1-4H3,(H,24,25)/b16-9+/t20-,22-/m1/s1. The molecule has 0 saturated heterocycles. The van der Waals surface area contributed by atoms with Gasteiger partial charge in [0, 0.05) is 6.42 Å². The molecule has 1 aliphatic rings. The minimum absolute atomic E-state index is 0.220. The Hall–Kier alpha value is -2.07. The van der Waals surface area contributed by atoms with Gasteiger partial charge in [-0.1, -0.05) is 23.3 Å². The molecule has 142 valence electrons. The molecule has 1 aromatic rings. The molecule has 26 heavy (non-hydrogen) atoms. The van der Waals surface area contributed by atoms with Crippen LogP contribution in [0.15, 0.2) is 41.5 Å². The third-order valence-corrected chi connectivity index (χ3v) is 4.99. The number of allylic oxidation sites excluding steroid dienone is 4. The molecule has 1 heterocycles. The van der Waals surface area contributed by atoms with Crippen LogP contribution in [0.4, 0.5) is 0 Å². The van der Waals surface area contributed by atoms with Crippen LogP contribution in [0.2, 0.25) is 0 Å². The van der Waals surface area contributed by atoms with Crippen LogP contribution in [0.25, 0.3) is 0 Å². The van der Waals surface area contributed by atoms with Crippen LogP contribution in [0, 0.1) is 0 Å². The Morgan fingerprint density at radius 2 is 2.00 bits per heavy atom. The largest absolute Gasteiger partial charge is 0.485 e. The van der Waals surface area contributed by atoms with Crippen molar-refractivity contribution in [2.45, 2.75) is 71.5 Å². The highest BCUT2D eigenvalue weighted by Crippen LogP contribution is 2.36. The summed E-state index contributed by atoms with van der Waals surface area (Å²) >= 11 is 0. The lowest BCUT2D eigenvalue weighted by molar-refractivity contribution is -0.0587. The lowest BCUT2D eigenvalue weighted by Gasteiger charge is -2.40. The predicted octanol–water partition coefficient (Wildman–Crippen LogP) is 4.91. The highest BCUT2D eigenvalue weighted by molar-refractivity contribution is 5.88. The number of carbonyl (C=O) groups is 1. The van der Waals surface area contributed by atoms with Crippen LogP contribution in [0.5, 0.6) is 5.75 Å². The van der Waals surface area contributed by atoms with E-state index in [0.717, 1.165) is 24.8 Å². The molecule has 0 fully saturated rings. The monoisotopic (exact) mass is 358 g/mol. The van der Waals surface area contributed by atoms with Crippen LogP contribution in [-0.4, -0.2) is 27.9 Å². The summed E-state index contributed by atoms with van der Waals surface area (Å²) in [6.07, 6.45) is 7.89. The number of carboxylic acid groups (broad SMARTS) is 1. The quantitative estimate of drug-likeness (QED) is 0.680. The van der Waals surface area contributed by atoms with E-state index in [1.54, 1.807) is 18.2 Å². The Morgan fingerprint density at radius 1 is 1.27 bits per heavy atom. The van der Waals surface area contributed by atoms with E-state index in [-0.39, 0.29) is 5.56 Å². The molecule has 0 saturated carbocycles. The zero-order valence-corrected chi connectivity index (χ0v) is 16.2. The topological polar surface area (TPSA) is 66.8 Å². The van der Waals surface area contributed by atoms with Gasteiger partial charge < -0.3 is 14.9 Å². The van der Waals surface area contributed by atoms with Crippen LogP contribution in [0.1, 0.15) is 69.3 Å². The number of carboxylic acids is 1. The molecule has 0 aliphatic carbocycles. The van der Waals surface area contributed by atoms with Crippen LogP contribution >= 0.6 is 0 Å². The number of aliphatic hydroxyl groups is 1. The molecule has 2 rings (SSSR count). The Kier molecular flexibility index (Phi) is 6.65. The third kappa shape index (κ3) is 5.21. The van der Waals surface area contributed by atoms with Gasteiger partial charge in [-0.05, 0) is 77.1 Å². The van der Waals surface area contributed by atoms with Crippen molar-refractivity contribution in [1.29, 1.82) is 0 Å². The van der Waals surface area contributed by atoms with Crippen molar-refractivity contribution in [3.05, 3.63) is 52.6 Å². The van der Waals surface area contributed by atoms with Gasteiger partial charge in [-0.2, -0.15) is 0 Å². The Balaban J connectivity index is 1.99. The van der Waals surface area contributed by atoms with Crippen molar-refractivity contribution in [3.8, 4) is 5.75 Å². The van der Waals surface area contributed by atoms with Crippen molar-refractivity contribution in [2.75, 3.05) is 0 Å². The summed E-state index contributed by atoms with van der Waals surface area (Å²) in [6.45, 7) is 8.29. The normalized spacial score (nSPS) is 22.3. The molecule has 0 amide bonds. The minimum atomic E-state index is -0.968. The SMILES string of the molecule is CC(C)=CCC/C(C)=C/CC[C@@]1(C)Oc2ccc(C(=O)O)cc2C[C@H]1O. The van der Waals surface area contributed by atoms with Gasteiger partial charge in [-0.3, -0.25) is 0 Å². The molecule has 1 aliphatic heterocycles. The van der Waals surface area contributed by atoms with Gasteiger partial charge in [0.15, 0.2) is 0 Å². The van der Waals surface area contributed by atoms with Crippen molar-refractivity contribution in [2.24, 2.45) is 0 Å². The molecular weight excluding hydrogens is 328 g/mol. The molecule has 0 aromatic heterocycles. The fraction of sp³-hybridized carbons (Fsp3) is 0.500. The molecule has 0 spiro atoms. The first-order valence-corrected chi connectivity index (χ1v) is 9.23. The molecule has 0 unspecified atom stereocenters. The van der Waals surface area contributed by atoms with E-state index in [1.165, 1.54) is 11.1 Å². The first-order chi connectivity index (χ1) is 12.2. The molecule has 2 N–H and O–H groups in total.